The molecular weight excluding hydrogens is 1650 g/mol. The average molecular weight is 1740 g/mol. The van der Waals surface area contributed by atoms with Gasteiger partial charge >= 0.3 is 12.1 Å². The lowest BCUT2D eigenvalue weighted by atomic mass is 9.59. The van der Waals surface area contributed by atoms with E-state index < -0.39 is 6.04 Å². The van der Waals surface area contributed by atoms with Gasteiger partial charge in [-0.15, -0.1) is 0 Å². The molecule has 4 saturated heterocycles. The Kier molecular flexibility index (Phi) is 23.5. The maximum atomic E-state index is 13.8. The van der Waals surface area contributed by atoms with Gasteiger partial charge in [0.05, 0.1) is 40.8 Å². The van der Waals surface area contributed by atoms with E-state index in [-0.39, 0.29) is 95.7 Å². The quantitative estimate of drug-likeness (QED) is 0.0474. The summed E-state index contributed by atoms with van der Waals surface area (Å²) in [5.74, 6) is 1.98. The topological polar surface area (TPSA) is 232 Å². The van der Waals surface area contributed by atoms with Crippen molar-refractivity contribution in [3.63, 3.8) is 0 Å². The fourth-order valence-corrected chi connectivity index (χ4v) is 19.9. The van der Waals surface area contributed by atoms with Crippen molar-refractivity contribution in [3.05, 3.63) is 262 Å². The zero-order valence-electron chi connectivity index (χ0n) is 68.2. The van der Waals surface area contributed by atoms with Gasteiger partial charge in [-0.25, -0.2) is 27.2 Å². The summed E-state index contributed by atoms with van der Waals surface area (Å²) in [6.07, 6.45) is 14.8. The van der Waals surface area contributed by atoms with Crippen molar-refractivity contribution >= 4 is 130 Å². The predicted molar refractivity (Wildman–Crippen MR) is 474 cm³/mol. The number of amides is 4. The molecule has 5 unspecified atom stereocenters. The molecule has 638 valence electrons. The minimum atomic E-state index is -0.486. The normalized spacial score (nSPS) is 20.1. The van der Waals surface area contributed by atoms with E-state index in [0.717, 1.165) is 151 Å². The highest BCUT2D eigenvalue weighted by molar-refractivity contribution is 6.31. The van der Waals surface area contributed by atoms with Crippen LogP contribution in [0.15, 0.2) is 213 Å². The molecule has 9 heterocycles. The van der Waals surface area contributed by atoms with Gasteiger partial charge in [0.25, 0.3) is 0 Å². The Morgan fingerprint density at radius 1 is 0.516 bits per heavy atom. The van der Waals surface area contributed by atoms with Crippen molar-refractivity contribution in [3.8, 4) is 17.2 Å². The summed E-state index contributed by atoms with van der Waals surface area (Å²) >= 11 is 17.7. The zero-order chi connectivity index (χ0) is 85.7. The minimum absolute atomic E-state index is 0.0197. The second-order valence-corrected chi connectivity index (χ2v) is 36.1. The number of benzene rings is 8. The first-order valence-electron chi connectivity index (χ1n) is 41.9. The van der Waals surface area contributed by atoms with Crippen molar-refractivity contribution in [2.45, 2.75) is 101 Å². The largest absolute Gasteiger partial charge is 0.490 e. The van der Waals surface area contributed by atoms with Crippen molar-refractivity contribution < 1.29 is 56.1 Å². The number of pyridine rings is 4. The van der Waals surface area contributed by atoms with Crippen LogP contribution in [0.25, 0.3) is 43.6 Å². The third kappa shape index (κ3) is 18.1. The number of hydrogen-bond donors (Lipinski definition) is 5. The number of aromatic nitrogens is 4. The van der Waals surface area contributed by atoms with Crippen molar-refractivity contribution in [2.75, 3.05) is 99.0 Å². The maximum Gasteiger partial charge on any atom is 0.321 e. The second-order valence-electron chi connectivity index (χ2n) is 34.8. The van der Waals surface area contributed by atoms with Gasteiger partial charge in [0.2, 0.25) is 6.79 Å². The van der Waals surface area contributed by atoms with Gasteiger partial charge in [0.1, 0.15) is 35.1 Å². The van der Waals surface area contributed by atoms with Crippen LogP contribution < -0.4 is 40.4 Å². The van der Waals surface area contributed by atoms with E-state index in [9.17, 15) is 41.8 Å². The number of nitrogens with zero attached hydrogens (tertiary/aromatic N) is 9. The van der Waals surface area contributed by atoms with Crippen LogP contribution >= 0.6 is 34.8 Å². The Balaban J connectivity index is 0.000000113. The van der Waals surface area contributed by atoms with Crippen LogP contribution in [0.5, 0.6) is 17.2 Å². The first-order valence-corrected chi connectivity index (χ1v) is 43.1. The fraction of sp³-hybridized carbons (Fsp3) is 0.333. The first-order chi connectivity index (χ1) is 59.9. The maximum absolute atomic E-state index is 13.8. The van der Waals surface area contributed by atoms with Gasteiger partial charge in [0, 0.05) is 197 Å². The first kappa shape index (κ1) is 83.4. The molecular formula is C96H92Cl3F4N13O8. The van der Waals surface area contributed by atoms with E-state index >= 15 is 0 Å². The van der Waals surface area contributed by atoms with Crippen LogP contribution in [0.1, 0.15) is 63.0 Å². The number of carbonyl (C=O) groups excluding carboxylic acids is 4. The molecule has 12 aromatic rings. The lowest BCUT2D eigenvalue weighted by molar-refractivity contribution is -0.135. The number of halogens is 7. The van der Waals surface area contributed by atoms with E-state index in [1.807, 2.05) is 66.4 Å². The lowest BCUT2D eigenvalue weighted by Crippen LogP contribution is -2.68. The summed E-state index contributed by atoms with van der Waals surface area (Å²) in [5, 5.41) is 27.9. The molecule has 0 bridgehead atoms. The number of Topliss-reactive ketones (excluding diaryl/α,β-unsaturated/α-hetero) is 2. The Labute approximate surface area is 729 Å². The smallest absolute Gasteiger partial charge is 0.321 e. The van der Waals surface area contributed by atoms with Crippen LogP contribution in [-0.4, -0.2) is 177 Å². The molecule has 4 aliphatic carbocycles. The van der Waals surface area contributed by atoms with Crippen molar-refractivity contribution in [1.82, 2.24) is 39.5 Å². The Bertz CT molecular complexity index is 6000. The lowest BCUT2D eigenvalue weighted by Gasteiger charge is -2.62. The summed E-state index contributed by atoms with van der Waals surface area (Å²) in [7, 11) is 2.09. The average Bonchev–Trinajstić information content (AvgIpc) is 1.06. The highest BCUT2D eigenvalue weighted by Crippen LogP contribution is 2.54. The molecule has 3 spiro atoms. The van der Waals surface area contributed by atoms with Gasteiger partial charge in [-0.05, 0) is 238 Å². The monoisotopic (exact) mass is 1740 g/mol. The van der Waals surface area contributed by atoms with Gasteiger partial charge in [0.15, 0.2) is 23.1 Å². The van der Waals surface area contributed by atoms with Gasteiger partial charge in [-0.2, -0.15) is 0 Å². The van der Waals surface area contributed by atoms with Crippen LogP contribution in [0.4, 0.5) is 55.6 Å². The van der Waals surface area contributed by atoms with E-state index in [4.69, 9.17) is 49.0 Å². The molecule has 28 heteroatoms. The number of anilines is 5. The summed E-state index contributed by atoms with van der Waals surface area (Å²) in [4.78, 5) is 78.1. The van der Waals surface area contributed by atoms with E-state index in [0.29, 0.717) is 97.8 Å². The standard InChI is InChI=1S/C26H27ClFN3O.C24H23ClFN3O2.C23H22ClFN4O.C23H20FN3O4/c1-17(25(32)11-18-3-5-19(27)6-4-18)31-15-26(16-31)13-21(14-26)30(2)24-9-10-29-23-8-7-20(28)12-22(23)24;25-15-3-1-14(2-4-15)9-23(31)22(13-30)29-11-18-19(12-29)24(18)28-21-7-8-27-20-6-5-16(26)10-17(20)21;24-15-1-4-17(5-2-15)28-22(30)29-13-23(14-29)9-7-18(12-23)27-21-8-10-26-20-6-3-16(25)11-19(20)21;24-14-1-3-18-17(7-14)19(5-6-25-18)31-16-9-23(10-16)11-27(12-23)22(28)26-15-2-4-20-21(8-15)30-13-29-20/h3-10,12,17,21H,11,13-16H2,1-2H3;1-8,10,18-19,22,24,30H,9,11-13H2,(H,27,28);1-6,8,10-11,18H,7,9,12-14H2,(H,26,27)(H,28,30);1-8,16H,9-13H2,(H,26,28). The highest BCUT2D eigenvalue weighted by atomic mass is 35.5. The number of aliphatic hydroxyl groups excluding tert-OH is 1. The second kappa shape index (κ2) is 34.9. The van der Waals surface area contributed by atoms with Gasteiger partial charge < -0.3 is 55.3 Å². The van der Waals surface area contributed by atoms with Crippen LogP contribution in [0.2, 0.25) is 15.1 Å². The Morgan fingerprint density at radius 2 is 0.992 bits per heavy atom. The fourth-order valence-electron chi connectivity index (χ4n) is 19.5. The van der Waals surface area contributed by atoms with E-state index in [1.165, 1.54) is 42.5 Å². The number of rotatable bonds is 19. The number of ketones is 2. The number of fused-ring (bicyclic) bond motifs is 6. The van der Waals surface area contributed by atoms with Crippen LogP contribution in [-0.2, 0) is 22.4 Å². The molecule has 9 aliphatic rings. The number of likely N-dealkylation sites (tertiary alicyclic amines) is 4. The van der Waals surface area contributed by atoms with E-state index in [2.05, 4.69) is 63.0 Å². The number of piperidine rings is 1. The highest BCUT2D eigenvalue weighted by Gasteiger charge is 2.59. The third-order valence-corrected chi connectivity index (χ3v) is 27.1. The number of hydrogen-bond acceptors (Lipinski definition) is 17. The summed E-state index contributed by atoms with van der Waals surface area (Å²) in [6, 6.07) is 53.5. The molecule has 0 radical (unpaired) electrons. The summed E-state index contributed by atoms with van der Waals surface area (Å²) in [6.45, 7) is 8.43. The summed E-state index contributed by atoms with van der Waals surface area (Å²) in [5.41, 5.74) is 9.81. The molecule has 21 rings (SSSR count). The van der Waals surface area contributed by atoms with Crippen LogP contribution in [0.3, 0.4) is 0 Å². The molecule has 124 heavy (non-hydrogen) atoms. The molecule has 4 aromatic heterocycles. The van der Waals surface area contributed by atoms with Crippen LogP contribution in [0, 0.1) is 51.3 Å². The number of nitrogens with one attached hydrogen (secondary N) is 4. The van der Waals surface area contributed by atoms with Crippen molar-refractivity contribution in [1.29, 1.82) is 0 Å². The molecule has 21 nitrogen and oxygen atoms in total. The van der Waals surface area contributed by atoms with Gasteiger partial charge in [-0.3, -0.25) is 39.3 Å². The number of ether oxygens (including phenoxy) is 3. The van der Waals surface area contributed by atoms with Crippen molar-refractivity contribution in [2.24, 2.45) is 28.1 Å². The Morgan fingerprint density at radius 3 is 1.57 bits per heavy atom. The predicted octanol–water partition coefficient (Wildman–Crippen LogP) is 18.4. The molecule has 5 N–H and O–H groups in total. The third-order valence-electron chi connectivity index (χ3n) is 26.3. The molecule has 8 aromatic carbocycles. The summed E-state index contributed by atoms with van der Waals surface area (Å²) < 4.78 is 71.6. The molecule has 4 amide bonds. The zero-order valence-corrected chi connectivity index (χ0v) is 70.5. The minimum Gasteiger partial charge on any atom is -0.490 e. The molecule has 5 aliphatic heterocycles. The molecule has 4 saturated carbocycles. The Hall–Kier alpha value is -11.5. The number of carbonyl (C=O) groups is 4. The number of aliphatic hydroxyl groups is 1. The molecule has 8 fully saturated rings. The number of urea groups is 2. The van der Waals surface area contributed by atoms with Gasteiger partial charge in [-0.1, -0.05) is 59.1 Å². The SMILES string of the molecule is CC(C(=O)Cc1ccc(Cl)cc1)N1CC2(CC(N(C)c3ccnc4ccc(F)cc34)C2)C1.O=C(Cc1ccc(Cl)cc1)C(CO)N1CC2C(C1)C2Nc1ccnc2ccc(F)cc12.O=C(Nc1ccc(Cl)cc1)N1CC2(CCC(Nc3ccnc4ccc(F)cc34)C2)C1.O=C(Nc1ccc2c(c1)OCO2)N1CC2(CC(Oc3ccnc4ccc(F)cc34)C2)C1. The molecule has 5 atom stereocenters. The van der Waals surface area contributed by atoms with E-state index in [1.54, 1.807) is 121 Å².